The standard InChI is InChI=1S/C13H16N2O5/c1-7(16)9-4-3-5-10(6-9)14-13(20)15-11(8(2)17)12(18)19/h3-6,8,11,17H,1-2H3,(H,18,19)(H2,14,15,20)/t8-,11+/m1/s1. The third-order valence-electron chi connectivity index (χ3n) is 2.56. The number of urea groups is 1. The quantitative estimate of drug-likeness (QED) is 0.597. The van der Waals surface area contributed by atoms with Crippen LogP contribution in [0.4, 0.5) is 10.5 Å². The Morgan fingerprint density at radius 2 is 1.90 bits per heavy atom. The Bertz CT molecular complexity index is 527. The van der Waals surface area contributed by atoms with Crippen molar-refractivity contribution in [2.45, 2.75) is 26.0 Å². The second kappa shape index (κ2) is 6.67. The molecule has 0 radical (unpaired) electrons. The van der Waals surface area contributed by atoms with Crippen LogP contribution < -0.4 is 10.6 Å². The minimum absolute atomic E-state index is 0.151. The molecule has 1 aromatic carbocycles. The summed E-state index contributed by atoms with van der Waals surface area (Å²) in [6, 6.07) is 4.03. The van der Waals surface area contributed by atoms with Crippen molar-refractivity contribution in [2.24, 2.45) is 0 Å². The van der Waals surface area contributed by atoms with E-state index in [4.69, 9.17) is 5.11 Å². The number of rotatable bonds is 5. The van der Waals surface area contributed by atoms with Gasteiger partial charge in [0.25, 0.3) is 0 Å². The number of nitrogens with one attached hydrogen (secondary N) is 2. The molecule has 2 atom stereocenters. The van der Waals surface area contributed by atoms with Gasteiger partial charge >= 0.3 is 12.0 Å². The number of benzene rings is 1. The van der Waals surface area contributed by atoms with Crippen LogP contribution in [0.5, 0.6) is 0 Å². The van der Waals surface area contributed by atoms with E-state index in [1.165, 1.54) is 19.9 Å². The van der Waals surface area contributed by atoms with Crippen molar-refractivity contribution in [3.8, 4) is 0 Å². The lowest BCUT2D eigenvalue weighted by atomic mass is 10.1. The van der Waals surface area contributed by atoms with Crippen LogP contribution in [0.2, 0.25) is 0 Å². The summed E-state index contributed by atoms with van der Waals surface area (Å²) in [5.41, 5.74) is 0.776. The fraction of sp³-hybridized carbons (Fsp3) is 0.308. The van der Waals surface area contributed by atoms with Crippen molar-refractivity contribution in [1.29, 1.82) is 0 Å². The van der Waals surface area contributed by atoms with E-state index in [1.807, 2.05) is 0 Å². The van der Waals surface area contributed by atoms with Gasteiger partial charge in [0.05, 0.1) is 6.10 Å². The molecule has 7 heteroatoms. The van der Waals surface area contributed by atoms with Gasteiger partial charge in [0, 0.05) is 11.3 Å². The van der Waals surface area contributed by atoms with Crippen LogP contribution in [0.1, 0.15) is 24.2 Å². The number of aliphatic hydroxyl groups excluding tert-OH is 1. The fourth-order valence-corrected chi connectivity index (χ4v) is 1.51. The van der Waals surface area contributed by atoms with Crippen molar-refractivity contribution in [3.05, 3.63) is 29.8 Å². The number of aliphatic carboxylic acids is 1. The molecule has 2 amide bonds. The van der Waals surface area contributed by atoms with Gasteiger partial charge in [-0.15, -0.1) is 0 Å². The number of ketones is 1. The van der Waals surface area contributed by atoms with Crippen LogP contribution in [-0.2, 0) is 4.79 Å². The van der Waals surface area contributed by atoms with Crippen molar-refractivity contribution < 1.29 is 24.6 Å². The largest absolute Gasteiger partial charge is 0.480 e. The van der Waals surface area contributed by atoms with Gasteiger partial charge in [0.1, 0.15) is 0 Å². The van der Waals surface area contributed by atoms with Gasteiger partial charge in [0.2, 0.25) is 0 Å². The lowest BCUT2D eigenvalue weighted by Crippen LogP contribution is -2.49. The number of aliphatic hydroxyl groups is 1. The topological polar surface area (TPSA) is 116 Å². The van der Waals surface area contributed by atoms with E-state index in [1.54, 1.807) is 18.2 Å². The summed E-state index contributed by atoms with van der Waals surface area (Å²) < 4.78 is 0. The Morgan fingerprint density at radius 1 is 1.25 bits per heavy atom. The molecule has 0 aliphatic carbocycles. The van der Waals surface area contributed by atoms with Crippen LogP contribution in [-0.4, -0.2) is 40.1 Å². The minimum atomic E-state index is -1.41. The van der Waals surface area contributed by atoms with Gasteiger partial charge in [-0.05, 0) is 26.0 Å². The Kier molecular flexibility index (Phi) is 5.22. The number of amides is 2. The molecule has 0 aliphatic heterocycles. The number of carbonyl (C=O) groups excluding carboxylic acids is 2. The summed E-state index contributed by atoms with van der Waals surface area (Å²) >= 11 is 0. The molecule has 0 unspecified atom stereocenters. The van der Waals surface area contributed by atoms with E-state index in [0.29, 0.717) is 11.3 Å². The van der Waals surface area contributed by atoms with Crippen molar-refractivity contribution in [3.63, 3.8) is 0 Å². The normalized spacial score (nSPS) is 13.2. The van der Waals surface area contributed by atoms with E-state index in [0.717, 1.165) is 0 Å². The summed E-state index contributed by atoms with van der Waals surface area (Å²) in [6.07, 6.45) is -1.23. The molecule has 4 N–H and O–H groups in total. The van der Waals surface area contributed by atoms with E-state index in [9.17, 15) is 19.5 Å². The molecule has 108 valence electrons. The molecule has 0 spiro atoms. The summed E-state index contributed by atoms with van der Waals surface area (Å²) in [5, 5.41) is 22.6. The van der Waals surface area contributed by atoms with Gasteiger partial charge in [0.15, 0.2) is 11.8 Å². The van der Waals surface area contributed by atoms with Crippen molar-refractivity contribution in [1.82, 2.24) is 5.32 Å². The highest BCUT2D eigenvalue weighted by Crippen LogP contribution is 2.11. The Hall–Kier alpha value is -2.41. The molecule has 0 aromatic heterocycles. The molecule has 0 saturated heterocycles. The molecule has 20 heavy (non-hydrogen) atoms. The van der Waals surface area contributed by atoms with Gasteiger partial charge < -0.3 is 20.8 Å². The molecule has 0 saturated carbocycles. The first kappa shape index (κ1) is 15.6. The Balaban J connectivity index is 2.73. The van der Waals surface area contributed by atoms with Gasteiger partial charge in [-0.1, -0.05) is 12.1 Å². The van der Waals surface area contributed by atoms with E-state index in [-0.39, 0.29) is 5.78 Å². The predicted molar refractivity (Wildman–Crippen MR) is 71.7 cm³/mol. The van der Waals surface area contributed by atoms with Gasteiger partial charge in [-0.25, -0.2) is 9.59 Å². The van der Waals surface area contributed by atoms with Crippen LogP contribution in [0.3, 0.4) is 0 Å². The number of hydrogen-bond donors (Lipinski definition) is 4. The average molecular weight is 280 g/mol. The lowest BCUT2D eigenvalue weighted by Gasteiger charge is -2.17. The molecule has 0 fully saturated rings. The zero-order valence-corrected chi connectivity index (χ0v) is 11.1. The summed E-state index contributed by atoms with van der Waals surface area (Å²) in [4.78, 5) is 33.7. The van der Waals surface area contributed by atoms with Crippen molar-refractivity contribution in [2.75, 3.05) is 5.32 Å². The number of anilines is 1. The smallest absolute Gasteiger partial charge is 0.328 e. The molecular formula is C13H16N2O5. The first-order valence-electron chi connectivity index (χ1n) is 5.90. The van der Waals surface area contributed by atoms with Crippen LogP contribution >= 0.6 is 0 Å². The summed E-state index contributed by atoms with van der Waals surface area (Å²) in [6.45, 7) is 2.66. The molecular weight excluding hydrogens is 264 g/mol. The SMILES string of the molecule is CC(=O)c1cccc(NC(=O)N[C@H](C(=O)O)[C@@H](C)O)c1. The zero-order valence-electron chi connectivity index (χ0n) is 11.1. The monoisotopic (exact) mass is 280 g/mol. The average Bonchev–Trinajstić information content (AvgIpc) is 2.35. The third-order valence-corrected chi connectivity index (χ3v) is 2.56. The van der Waals surface area contributed by atoms with Crippen LogP contribution in [0, 0.1) is 0 Å². The maximum Gasteiger partial charge on any atom is 0.328 e. The van der Waals surface area contributed by atoms with E-state index in [2.05, 4.69) is 10.6 Å². The third kappa shape index (κ3) is 4.36. The maximum absolute atomic E-state index is 11.6. The number of Topliss-reactive ketones (excluding diaryl/α,β-unsaturated/α-hetero) is 1. The molecule has 0 bridgehead atoms. The Morgan fingerprint density at radius 3 is 2.40 bits per heavy atom. The summed E-state index contributed by atoms with van der Waals surface area (Å²) in [7, 11) is 0. The number of carboxylic acid groups (broad SMARTS) is 1. The van der Waals surface area contributed by atoms with Crippen LogP contribution in [0.25, 0.3) is 0 Å². The minimum Gasteiger partial charge on any atom is -0.480 e. The second-order valence-electron chi connectivity index (χ2n) is 4.29. The fourth-order valence-electron chi connectivity index (χ4n) is 1.51. The van der Waals surface area contributed by atoms with Gasteiger partial charge in [-0.3, -0.25) is 4.79 Å². The first-order chi connectivity index (χ1) is 9.31. The van der Waals surface area contributed by atoms with E-state index < -0.39 is 24.1 Å². The predicted octanol–water partition coefficient (Wildman–Crippen LogP) is 0.845. The lowest BCUT2D eigenvalue weighted by molar-refractivity contribution is -0.141. The highest BCUT2D eigenvalue weighted by atomic mass is 16.4. The molecule has 1 rings (SSSR count). The maximum atomic E-state index is 11.6. The zero-order chi connectivity index (χ0) is 15.3. The van der Waals surface area contributed by atoms with Crippen molar-refractivity contribution >= 4 is 23.5 Å². The molecule has 0 aliphatic rings. The number of hydrogen-bond acceptors (Lipinski definition) is 4. The molecule has 7 nitrogen and oxygen atoms in total. The van der Waals surface area contributed by atoms with E-state index >= 15 is 0 Å². The highest BCUT2D eigenvalue weighted by molar-refractivity contribution is 5.97. The van der Waals surface area contributed by atoms with Gasteiger partial charge in [-0.2, -0.15) is 0 Å². The molecule has 0 heterocycles. The molecule has 1 aromatic rings. The summed E-state index contributed by atoms with van der Waals surface area (Å²) in [5.74, 6) is -1.49. The second-order valence-corrected chi connectivity index (χ2v) is 4.29. The highest BCUT2D eigenvalue weighted by Gasteiger charge is 2.24. The number of carbonyl (C=O) groups is 3. The Labute approximate surface area is 115 Å². The van der Waals surface area contributed by atoms with Crippen LogP contribution in [0.15, 0.2) is 24.3 Å². The first-order valence-corrected chi connectivity index (χ1v) is 5.90. The number of carboxylic acids is 1.